The van der Waals surface area contributed by atoms with Crippen LogP contribution in [0.5, 0.6) is 5.75 Å². The number of H-pyrrole nitrogens is 1. The number of aromatic amines is 1. The van der Waals surface area contributed by atoms with Crippen LogP contribution in [-0.4, -0.2) is 33.6 Å². The molecule has 0 aliphatic heterocycles. The maximum atomic E-state index is 11.1. The summed E-state index contributed by atoms with van der Waals surface area (Å²) in [4.78, 5) is 24.3. The zero-order chi connectivity index (χ0) is 14.9. The third-order valence-corrected chi connectivity index (χ3v) is 3.28. The van der Waals surface area contributed by atoms with Crippen LogP contribution >= 0.6 is 0 Å². The van der Waals surface area contributed by atoms with Crippen molar-refractivity contribution in [2.24, 2.45) is 0 Å². The average molecular weight is 278 g/mol. The quantitative estimate of drug-likeness (QED) is 0.641. The van der Waals surface area contributed by atoms with Crippen LogP contribution in [0.1, 0.15) is 12.6 Å². The van der Waals surface area contributed by atoms with Crippen molar-refractivity contribution in [1.82, 2.24) is 4.98 Å². The molecule has 0 fully saturated rings. The summed E-state index contributed by atoms with van der Waals surface area (Å²) in [5.74, 6) is -0.794. The van der Waals surface area contributed by atoms with Crippen molar-refractivity contribution in [3.8, 4) is 5.75 Å². The molecule has 1 aromatic carbocycles. The number of benzene rings is 1. The number of rotatable bonds is 5. The number of carboxylic acids is 1. The van der Waals surface area contributed by atoms with Crippen molar-refractivity contribution < 1.29 is 19.6 Å². The Morgan fingerprint density at radius 2 is 2.20 bits per heavy atom. The van der Waals surface area contributed by atoms with Gasteiger partial charge >= 0.3 is 11.5 Å². The number of nitrogens with zero attached hydrogens (tertiary/aromatic N) is 1. The second-order valence-electron chi connectivity index (χ2n) is 4.76. The molecule has 0 aliphatic carbocycles. The van der Waals surface area contributed by atoms with E-state index in [9.17, 15) is 14.9 Å². The van der Waals surface area contributed by atoms with Crippen molar-refractivity contribution in [1.29, 1.82) is 0 Å². The molecule has 1 aromatic heterocycles. The first kappa shape index (κ1) is 13.9. The van der Waals surface area contributed by atoms with E-state index in [-0.39, 0.29) is 6.42 Å². The Balaban J connectivity index is 2.38. The van der Waals surface area contributed by atoms with E-state index >= 15 is 0 Å². The summed E-state index contributed by atoms with van der Waals surface area (Å²) in [6.45, 7) is 1.10. The molecule has 20 heavy (non-hydrogen) atoms. The third-order valence-electron chi connectivity index (χ3n) is 3.28. The molecule has 0 bridgehead atoms. The minimum absolute atomic E-state index is 0.216. The van der Waals surface area contributed by atoms with E-state index in [0.717, 1.165) is 17.8 Å². The molecule has 2 aromatic rings. The SMILES string of the molecule is COc1ccc2[nH]c(CC(C)(C(=O)O)[N+](=O)[O-])cc2c1. The molecular formula is C13H14N2O5. The summed E-state index contributed by atoms with van der Waals surface area (Å²) in [5.41, 5.74) is -0.781. The molecule has 2 rings (SSSR count). The van der Waals surface area contributed by atoms with E-state index in [1.54, 1.807) is 31.4 Å². The number of carbonyl (C=O) groups is 1. The maximum Gasteiger partial charge on any atom is 0.382 e. The average Bonchev–Trinajstić information content (AvgIpc) is 2.78. The van der Waals surface area contributed by atoms with Gasteiger partial charge in [-0.3, -0.25) is 10.1 Å². The Morgan fingerprint density at radius 1 is 1.50 bits per heavy atom. The number of carboxylic acid groups (broad SMARTS) is 1. The molecule has 0 saturated carbocycles. The number of nitrogens with one attached hydrogen (secondary N) is 1. The van der Waals surface area contributed by atoms with Gasteiger partial charge in [0.1, 0.15) is 5.75 Å². The van der Waals surface area contributed by atoms with Gasteiger partial charge in [0.2, 0.25) is 0 Å². The molecule has 7 heteroatoms. The molecule has 0 spiro atoms. The van der Waals surface area contributed by atoms with Crippen LogP contribution < -0.4 is 4.74 Å². The lowest BCUT2D eigenvalue weighted by Crippen LogP contribution is -2.45. The molecule has 1 atom stereocenters. The van der Waals surface area contributed by atoms with Gasteiger partial charge in [0.25, 0.3) is 0 Å². The fourth-order valence-electron chi connectivity index (χ4n) is 1.98. The summed E-state index contributed by atoms with van der Waals surface area (Å²) in [5, 5.41) is 20.8. The number of hydrogen-bond acceptors (Lipinski definition) is 4. The summed E-state index contributed by atoms with van der Waals surface area (Å²) in [6.07, 6.45) is -0.216. The lowest BCUT2D eigenvalue weighted by Gasteiger charge is -2.14. The van der Waals surface area contributed by atoms with Crippen molar-refractivity contribution in [2.75, 3.05) is 7.11 Å². The van der Waals surface area contributed by atoms with Crippen LogP contribution in [0.4, 0.5) is 0 Å². The highest BCUT2D eigenvalue weighted by atomic mass is 16.6. The fraction of sp³-hybridized carbons (Fsp3) is 0.308. The van der Waals surface area contributed by atoms with Crippen LogP contribution in [0, 0.1) is 10.1 Å². The molecule has 7 nitrogen and oxygen atoms in total. The van der Waals surface area contributed by atoms with Gasteiger partial charge in [0, 0.05) is 28.4 Å². The normalized spacial score (nSPS) is 13.9. The molecule has 0 aliphatic rings. The largest absolute Gasteiger partial charge is 0.497 e. The standard InChI is InChI=1S/C13H14N2O5/c1-13(12(16)17,15(18)19)7-9-5-8-6-10(20-2)3-4-11(8)14-9/h3-6,14H,7H2,1-2H3,(H,16,17). The first-order valence-electron chi connectivity index (χ1n) is 5.90. The molecule has 0 saturated heterocycles. The molecular weight excluding hydrogens is 264 g/mol. The van der Waals surface area contributed by atoms with Crippen LogP contribution in [0.25, 0.3) is 10.9 Å². The third kappa shape index (κ3) is 2.29. The van der Waals surface area contributed by atoms with E-state index in [2.05, 4.69) is 4.98 Å². The van der Waals surface area contributed by atoms with Crippen LogP contribution in [0.2, 0.25) is 0 Å². The van der Waals surface area contributed by atoms with E-state index < -0.39 is 16.4 Å². The highest BCUT2D eigenvalue weighted by molar-refractivity contribution is 5.82. The van der Waals surface area contributed by atoms with E-state index in [1.165, 1.54) is 0 Å². The molecule has 106 valence electrons. The summed E-state index contributed by atoms with van der Waals surface area (Å²) in [7, 11) is 1.54. The highest BCUT2D eigenvalue weighted by Gasteiger charge is 2.46. The Bertz CT molecular complexity index is 662. The van der Waals surface area contributed by atoms with Gasteiger partial charge in [-0.2, -0.15) is 0 Å². The van der Waals surface area contributed by atoms with Crippen molar-refractivity contribution >= 4 is 16.9 Å². The van der Waals surface area contributed by atoms with Gasteiger partial charge < -0.3 is 14.8 Å². The van der Waals surface area contributed by atoms with Crippen LogP contribution in [0.3, 0.4) is 0 Å². The highest BCUT2D eigenvalue weighted by Crippen LogP contribution is 2.24. The summed E-state index contributed by atoms with van der Waals surface area (Å²) in [6, 6.07) is 7.01. The van der Waals surface area contributed by atoms with Crippen molar-refractivity contribution in [3.05, 3.63) is 40.1 Å². The first-order valence-corrected chi connectivity index (χ1v) is 5.90. The number of methoxy groups -OCH3 is 1. The van der Waals surface area contributed by atoms with Crippen molar-refractivity contribution in [2.45, 2.75) is 18.9 Å². The van der Waals surface area contributed by atoms with E-state index in [4.69, 9.17) is 9.84 Å². The summed E-state index contributed by atoms with van der Waals surface area (Å²) < 4.78 is 5.09. The predicted molar refractivity (Wildman–Crippen MR) is 71.6 cm³/mol. The van der Waals surface area contributed by atoms with Gasteiger partial charge in [-0.05, 0) is 24.3 Å². The minimum Gasteiger partial charge on any atom is -0.497 e. The van der Waals surface area contributed by atoms with Gasteiger partial charge in [-0.1, -0.05) is 0 Å². The lowest BCUT2D eigenvalue weighted by atomic mass is 9.97. The second kappa shape index (κ2) is 4.84. The Kier molecular flexibility index (Phi) is 3.35. The van der Waals surface area contributed by atoms with Gasteiger partial charge in [-0.25, -0.2) is 4.79 Å². The molecule has 2 N–H and O–H groups in total. The molecule has 1 unspecified atom stereocenters. The Hall–Kier alpha value is -2.57. The lowest BCUT2D eigenvalue weighted by molar-refractivity contribution is -0.550. The minimum atomic E-state index is -2.05. The number of nitro groups is 1. The van der Waals surface area contributed by atoms with Gasteiger partial charge in [0.05, 0.1) is 13.5 Å². The zero-order valence-electron chi connectivity index (χ0n) is 11.0. The Morgan fingerprint density at radius 3 is 2.75 bits per heavy atom. The molecule has 1 heterocycles. The van der Waals surface area contributed by atoms with Gasteiger partial charge in [0.15, 0.2) is 0 Å². The number of aromatic nitrogens is 1. The molecule has 0 amide bonds. The number of ether oxygens (including phenoxy) is 1. The Labute approximate surface area is 114 Å². The molecule has 0 radical (unpaired) electrons. The van der Waals surface area contributed by atoms with Crippen LogP contribution in [0.15, 0.2) is 24.3 Å². The van der Waals surface area contributed by atoms with E-state index in [1.807, 2.05) is 0 Å². The summed E-state index contributed by atoms with van der Waals surface area (Å²) >= 11 is 0. The predicted octanol–water partition coefficient (Wildman–Crippen LogP) is 1.84. The monoisotopic (exact) mass is 278 g/mol. The van der Waals surface area contributed by atoms with Gasteiger partial charge in [-0.15, -0.1) is 0 Å². The van der Waals surface area contributed by atoms with Crippen molar-refractivity contribution in [3.63, 3.8) is 0 Å². The van der Waals surface area contributed by atoms with E-state index in [0.29, 0.717) is 11.4 Å². The van der Waals surface area contributed by atoms with Crippen LogP contribution in [-0.2, 0) is 11.2 Å². The fourth-order valence-corrected chi connectivity index (χ4v) is 1.98. The maximum absolute atomic E-state index is 11.1. The zero-order valence-corrected chi connectivity index (χ0v) is 11.0. The smallest absolute Gasteiger partial charge is 0.382 e. The topological polar surface area (TPSA) is 105 Å². The number of hydrogen-bond donors (Lipinski definition) is 2. The second-order valence-corrected chi connectivity index (χ2v) is 4.76. The first-order chi connectivity index (χ1) is 9.36. The number of aliphatic carboxylic acids is 1. The number of fused-ring (bicyclic) bond motifs is 1.